The van der Waals surface area contributed by atoms with Crippen molar-refractivity contribution in [3.63, 3.8) is 0 Å². The maximum atomic E-state index is 14.1. The van der Waals surface area contributed by atoms with Crippen LogP contribution in [0.1, 0.15) is 25.0 Å². The molecule has 0 aliphatic rings. The standard InChI is InChI=1S/C29H32Cl2N4O6S/c1-20(2)17-32-29(37)27(14-21-8-5-4-6-9-21)33(18-22-12-13-23(30)15-26(22)31)28(36)19-34(42(3,40)41)24-10-7-11-25(16-24)35(38)39/h4-13,15-16,20,27H,14,17-19H2,1-3H3,(H,32,37). The Hall–Kier alpha value is -3.67. The summed E-state index contributed by atoms with van der Waals surface area (Å²) in [5.74, 6) is -0.999. The molecule has 13 heteroatoms. The van der Waals surface area contributed by atoms with Crippen LogP contribution < -0.4 is 9.62 Å². The number of hydrogen-bond donors (Lipinski definition) is 1. The zero-order chi connectivity index (χ0) is 31.0. The fraction of sp³-hybridized carbons (Fsp3) is 0.310. The average Bonchev–Trinajstić information content (AvgIpc) is 2.93. The van der Waals surface area contributed by atoms with Gasteiger partial charge in [0.1, 0.15) is 12.6 Å². The molecular formula is C29H32Cl2N4O6S. The van der Waals surface area contributed by atoms with E-state index in [0.717, 1.165) is 22.2 Å². The molecule has 42 heavy (non-hydrogen) atoms. The van der Waals surface area contributed by atoms with Gasteiger partial charge >= 0.3 is 0 Å². The van der Waals surface area contributed by atoms with E-state index in [9.17, 15) is 28.1 Å². The quantitative estimate of drug-likeness (QED) is 0.206. The van der Waals surface area contributed by atoms with Crippen molar-refractivity contribution in [3.8, 4) is 0 Å². The lowest BCUT2D eigenvalue weighted by atomic mass is 10.0. The number of nitrogens with one attached hydrogen (secondary N) is 1. The van der Waals surface area contributed by atoms with Crippen molar-refractivity contribution in [1.29, 1.82) is 0 Å². The second kappa shape index (κ2) is 14.5. The summed E-state index contributed by atoms with van der Waals surface area (Å²) in [4.78, 5) is 39.7. The van der Waals surface area contributed by atoms with Crippen LogP contribution in [0, 0.1) is 16.0 Å². The van der Waals surface area contributed by atoms with E-state index in [1.165, 1.54) is 29.2 Å². The number of benzene rings is 3. The van der Waals surface area contributed by atoms with E-state index >= 15 is 0 Å². The fourth-order valence-corrected chi connectivity index (χ4v) is 5.50. The lowest BCUT2D eigenvalue weighted by Crippen LogP contribution is -2.53. The van der Waals surface area contributed by atoms with Gasteiger partial charge < -0.3 is 10.2 Å². The molecule has 10 nitrogen and oxygen atoms in total. The smallest absolute Gasteiger partial charge is 0.271 e. The predicted molar refractivity (Wildman–Crippen MR) is 164 cm³/mol. The molecule has 0 radical (unpaired) electrons. The van der Waals surface area contributed by atoms with Gasteiger partial charge in [0, 0.05) is 41.7 Å². The number of nitro benzene ring substituents is 1. The van der Waals surface area contributed by atoms with Crippen LogP contribution in [0.15, 0.2) is 72.8 Å². The van der Waals surface area contributed by atoms with Gasteiger partial charge in [-0.25, -0.2) is 8.42 Å². The van der Waals surface area contributed by atoms with Crippen molar-refractivity contribution in [2.24, 2.45) is 5.92 Å². The molecule has 1 N–H and O–H groups in total. The van der Waals surface area contributed by atoms with Crippen LogP contribution in [0.3, 0.4) is 0 Å². The van der Waals surface area contributed by atoms with Crippen LogP contribution in [-0.4, -0.2) is 55.4 Å². The number of non-ortho nitro benzene ring substituents is 1. The Labute approximate surface area is 255 Å². The largest absolute Gasteiger partial charge is 0.354 e. The Morgan fingerprint density at radius 2 is 1.69 bits per heavy atom. The highest BCUT2D eigenvalue weighted by Gasteiger charge is 2.33. The molecule has 3 aromatic carbocycles. The highest BCUT2D eigenvalue weighted by molar-refractivity contribution is 7.92. The van der Waals surface area contributed by atoms with Crippen LogP contribution >= 0.6 is 23.2 Å². The zero-order valence-electron chi connectivity index (χ0n) is 23.4. The Bertz CT molecular complexity index is 1540. The Morgan fingerprint density at radius 3 is 2.29 bits per heavy atom. The molecule has 224 valence electrons. The molecule has 0 aromatic heterocycles. The summed E-state index contributed by atoms with van der Waals surface area (Å²) in [6, 6.07) is 17.8. The number of anilines is 1. The predicted octanol–water partition coefficient (Wildman–Crippen LogP) is 5.08. The van der Waals surface area contributed by atoms with Crippen LogP contribution in [0.2, 0.25) is 10.0 Å². The van der Waals surface area contributed by atoms with Crippen molar-refractivity contribution in [1.82, 2.24) is 10.2 Å². The summed E-state index contributed by atoms with van der Waals surface area (Å²) in [6.07, 6.45) is 1.04. The first kappa shape index (κ1) is 32.8. The van der Waals surface area contributed by atoms with E-state index in [1.807, 2.05) is 44.2 Å². The van der Waals surface area contributed by atoms with Crippen LogP contribution in [0.25, 0.3) is 0 Å². The second-order valence-corrected chi connectivity index (χ2v) is 12.9. The molecule has 0 saturated carbocycles. The molecule has 2 amide bonds. The minimum atomic E-state index is -4.08. The number of sulfonamides is 1. The first-order chi connectivity index (χ1) is 19.8. The molecule has 3 rings (SSSR count). The van der Waals surface area contributed by atoms with E-state index in [0.29, 0.717) is 17.1 Å². The monoisotopic (exact) mass is 634 g/mol. The van der Waals surface area contributed by atoms with Crippen LogP contribution in [0.5, 0.6) is 0 Å². The summed E-state index contributed by atoms with van der Waals surface area (Å²) in [6.45, 7) is 3.39. The number of nitro groups is 1. The molecule has 0 heterocycles. The van der Waals surface area contributed by atoms with Gasteiger partial charge in [-0.2, -0.15) is 0 Å². The van der Waals surface area contributed by atoms with Crippen molar-refractivity contribution in [3.05, 3.63) is 104 Å². The summed E-state index contributed by atoms with van der Waals surface area (Å²) < 4.78 is 26.5. The van der Waals surface area contributed by atoms with Gasteiger partial charge in [-0.3, -0.25) is 24.0 Å². The third kappa shape index (κ3) is 9.17. The zero-order valence-corrected chi connectivity index (χ0v) is 25.7. The highest BCUT2D eigenvalue weighted by atomic mass is 35.5. The van der Waals surface area contributed by atoms with E-state index in [1.54, 1.807) is 12.1 Å². The first-order valence-electron chi connectivity index (χ1n) is 13.0. The Kier molecular flexibility index (Phi) is 11.3. The Balaban J connectivity index is 2.09. The Morgan fingerprint density at radius 1 is 1.00 bits per heavy atom. The number of amides is 2. The number of nitrogens with zero attached hydrogens (tertiary/aromatic N) is 3. The van der Waals surface area contributed by atoms with Crippen molar-refractivity contribution in [2.45, 2.75) is 32.9 Å². The van der Waals surface area contributed by atoms with Gasteiger partial charge in [0.2, 0.25) is 21.8 Å². The average molecular weight is 636 g/mol. The summed E-state index contributed by atoms with van der Waals surface area (Å²) >= 11 is 12.5. The van der Waals surface area contributed by atoms with Crippen LogP contribution in [0.4, 0.5) is 11.4 Å². The maximum Gasteiger partial charge on any atom is 0.271 e. The van der Waals surface area contributed by atoms with Gasteiger partial charge in [0.25, 0.3) is 5.69 Å². The number of halogens is 2. The van der Waals surface area contributed by atoms with E-state index < -0.39 is 39.3 Å². The van der Waals surface area contributed by atoms with E-state index in [-0.39, 0.29) is 35.3 Å². The molecule has 0 spiro atoms. The topological polar surface area (TPSA) is 130 Å². The summed E-state index contributed by atoms with van der Waals surface area (Å²) in [7, 11) is -4.08. The van der Waals surface area contributed by atoms with Gasteiger partial charge in [-0.1, -0.05) is 79.5 Å². The molecule has 0 aliphatic carbocycles. The molecule has 1 unspecified atom stereocenters. The SMILES string of the molecule is CC(C)CNC(=O)C(Cc1ccccc1)N(Cc1ccc(Cl)cc1Cl)C(=O)CN(c1cccc([N+](=O)[O-])c1)S(C)(=O)=O. The van der Waals surface area contributed by atoms with Gasteiger partial charge in [0.05, 0.1) is 16.9 Å². The van der Waals surface area contributed by atoms with Gasteiger partial charge in [-0.05, 0) is 35.2 Å². The van der Waals surface area contributed by atoms with E-state index in [2.05, 4.69) is 5.32 Å². The number of carbonyl (C=O) groups excluding carboxylic acids is 2. The van der Waals surface area contributed by atoms with Crippen molar-refractivity contribution < 1.29 is 22.9 Å². The first-order valence-corrected chi connectivity index (χ1v) is 15.6. The normalized spacial score (nSPS) is 12.0. The molecular weight excluding hydrogens is 603 g/mol. The number of rotatable bonds is 13. The lowest BCUT2D eigenvalue weighted by Gasteiger charge is -2.33. The molecule has 0 aliphatic heterocycles. The number of hydrogen-bond acceptors (Lipinski definition) is 6. The van der Waals surface area contributed by atoms with Crippen molar-refractivity contribution >= 4 is 56.4 Å². The third-order valence-corrected chi connectivity index (χ3v) is 8.05. The maximum absolute atomic E-state index is 14.1. The molecule has 0 bridgehead atoms. The minimum Gasteiger partial charge on any atom is -0.354 e. The fourth-order valence-electron chi connectivity index (χ4n) is 4.19. The lowest BCUT2D eigenvalue weighted by molar-refractivity contribution is -0.384. The molecule has 0 fully saturated rings. The van der Waals surface area contributed by atoms with E-state index in [4.69, 9.17) is 23.2 Å². The van der Waals surface area contributed by atoms with Crippen molar-refractivity contribution in [2.75, 3.05) is 23.7 Å². The summed E-state index contributed by atoms with van der Waals surface area (Å²) in [5.41, 5.74) is 0.869. The second-order valence-electron chi connectivity index (χ2n) is 10.1. The molecule has 1 atom stereocenters. The van der Waals surface area contributed by atoms with Gasteiger partial charge in [0.15, 0.2) is 0 Å². The minimum absolute atomic E-state index is 0.0617. The van der Waals surface area contributed by atoms with Gasteiger partial charge in [-0.15, -0.1) is 0 Å². The third-order valence-electron chi connectivity index (χ3n) is 6.32. The molecule has 3 aromatic rings. The summed E-state index contributed by atoms with van der Waals surface area (Å²) in [5, 5.41) is 14.9. The highest BCUT2D eigenvalue weighted by Crippen LogP contribution is 2.26. The number of carbonyl (C=O) groups is 2. The molecule has 0 saturated heterocycles. The van der Waals surface area contributed by atoms with Crippen LogP contribution in [-0.2, 0) is 32.6 Å².